The Kier molecular flexibility index (Phi) is 4.87. The Morgan fingerprint density at radius 1 is 1.16 bits per heavy atom. The van der Waals surface area contributed by atoms with Crippen molar-refractivity contribution in [2.24, 2.45) is 5.92 Å². The van der Waals surface area contributed by atoms with E-state index in [4.69, 9.17) is 0 Å². The summed E-state index contributed by atoms with van der Waals surface area (Å²) < 4.78 is 0. The highest BCUT2D eigenvalue weighted by Gasteiger charge is 2.16. The lowest BCUT2D eigenvalue weighted by Gasteiger charge is -2.33. The van der Waals surface area contributed by atoms with Crippen molar-refractivity contribution in [3.05, 3.63) is 29.8 Å². The largest absolute Gasteiger partial charge is 0.371 e. The van der Waals surface area contributed by atoms with Crippen LogP contribution in [-0.4, -0.2) is 25.7 Å². The van der Waals surface area contributed by atoms with Gasteiger partial charge in [0.05, 0.1) is 0 Å². The molecule has 1 aromatic carbocycles. The van der Waals surface area contributed by atoms with Crippen LogP contribution in [0.4, 0.5) is 5.69 Å². The Bertz CT molecular complexity index is 383. The van der Waals surface area contributed by atoms with Crippen LogP contribution in [0.25, 0.3) is 0 Å². The predicted octanol–water partition coefficient (Wildman–Crippen LogP) is 3.63. The average molecular weight is 260 g/mol. The molecular weight excluding hydrogens is 232 g/mol. The number of rotatable bonds is 2. The summed E-state index contributed by atoms with van der Waals surface area (Å²) in [4.78, 5) is 2.55. The van der Waals surface area contributed by atoms with Crippen molar-refractivity contribution in [1.82, 2.24) is 5.32 Å². The third kappa shape index (κ3) is 3.97. The van der Waals surface area contributed by atoms with Crippen LogP contribution in [0.2, 0.25) is 0 Å². The fourth-order valence-electron chi connectivity index (χ4n) is 2.69. The minimum absolute atomic E-state index is 0.615. The van der Waals surface area contributed by atoms with Crippen molar-refractivity contribution in [1.29, 1.82) is 0 Å². The summed E-state index contributed by atoms with van der Waals surface area (Å²) in [6.45, 7) is 12.6. The maximum Gasteiger partial charge on any atom is 0.0366 e. The van der Waals surface area contributed by atoms with Crippen molar-refractivity contribution in [2.75, 3.05) is 24.5 Å². The molecule has 0 aromatic heterocycles. The van der Waals surface area contributed by atoms with E-state index in [9.17, 15) is 0 Å². The molecule has 1 heterocycles. The monoisotopic (exact) mass is 260 g/mol. The van der Waals surface area contributed by atoms with Gasteiger partial charge in [0.1, 0.15) is 0 Å². The maximum atomic E-state index is 3.60. The summed E-state index contributed by atoms with van der Waals surface area (Å²) >= 11 is 0. The third-order valence-electron chi connectivity index (χ3n) is 4.10. The van der Waals surface area contributed by atoms with Crippen LogP contribution in [0.15, 0.2) is 24.3 Å². The lowest BCUT2D eigenvalue weighted by Crippen LogP contribution is -2.42. The van der Waals surface area contributed by atoms with Crippen molar-refractivity contribution >= 4 is 5.69 Å². The second-order valence-corrected chi connectivity index (χ2v) is 6.40. The first-order chi connectivity index (χ1) is 9.06. The van der Waals surface area contributed by atoms with Gasteiger partial charge in [-0.15, -0.1) is 0 Å². The second kappa shape index (κ2) is 6.42. The molecule has 0 bridgehead atoms. The van der Waals surface area contributed by atoms with Gasteiger partial charge in [-0.05, 0) is 49.4 Å². The molecule has 2 rings (SSSR count). The summed E-state index contributed by atoms with van der Waals surface area (Å²) in [5.74, 6) is 1.32. The lowest BCUT2D eigenvalue weighted by atomic mass is 10.0. The van der Waals surface area contributed by atoms with E-state index in [2.05, 4.69) is 62.2 Å². The predicted molar refractivity (Wildman–Crippen MR) is 84.0 cm³/mol. The highest BCUT2D eigenvalue weighted by molar-refractivity contribution is 5.48. The van der Waals surface area contributed by atoms with E-state index in [0.717, 1.165) is 19.6 Å². The average Bonchev–Trinajstić information content (AvgIpc) is 2.39. The van der Waals surface area contributed by atoms with Gasteiger partial charge >= 0.3 is 0 Å². The molecule has 2 heteroatoms. The molecule has 2 atom stereocenters. The number of anilines is 1. The molecule has 1 aromatic rings. The number of hydrogen-bond acceptors (Lipinski definition) is 2. The fourth-order valence-corrected chi connectivity index (χ4v) is 2.69. The number of hydrogen-bond donors (Lipinski definition) is 1. The number of nitrogens with one attached hydrogen (secondary N) is 1. The van der Waals surface area contributed by atoms with Crippen LogP contribution in [0.5, 0.6) is 0 Å². The van der Waals surface area contributed by atoms with Crippen LogP contribution in [-0.2, 0) is 0 Å². The van der Waals surface area contributed by atoms with Crippen LogP contribution in [0.3, 0.4) is 0 Å². The zero-order chi connectivity index (χ0) is 13.8. The van der Waals surface area contributed by atoms with Gasteiger partial charge in [-0.3, -0.25) is 0 Å². The lowest BCUT2D eigenvalue weighted by molar-refractivity contribution is 0.411. The molecule has 0 aliphatic carbocycles. The van der Waals surface area contributed by atoms with E-state index in [1.165, 1.54) is 17.7 Å². The van der Waals surface area contributed by atoms with Crippen LogP contribution < -0.4 is 10.2 Å². The van der Waals surface area contributed by atoms with E-state index in [1.807, 2.05) is 0 Å². The molecule has 1 aliphatic rings. The zero-order valence-corrected chi connectivity index (χ0v) is 12.8. The van der Waals surface area contributed by atoms with E-state index in [0.29, 0.717) is 17.9 Å². The Labute approximate surface area is 118 Å². The van der Waals surface area contributed by atoms with Gasteiger partial charge in [0.25, 0.3) is 0 Å². The molecule has 1 saturated heterocycles. The van der Waals surface area contributed by atoms with Crippen molar-refractivity contribution in [3.8, 4) is 0 Å². The first-order valence-electron chi connectivity index (χ1n) is 7.64. The first kappa shape index (κ1) is 14.4. The highest BCUT2D eigenvalue weighted by Crippen LogP contribution is 2.22. The molecule has 19 heavy (non-hydrogen) atoms. The molecule has 2 unspecified atom stereocenters. The van der Waals surface area contributed by atoms with E-state index in [1.54, 1.807) is 0 Å². The maximum absolute atomic E-state index is 3.60. The summed E-state index contributed by atoms with van der Waals surface area (Å²) in [5.41, 5.74) is 2.81. The van der Waals surface area contributed by atoms with Crippen LogP contribution >= 0.6 is 0 Å². The Morgan fingerprint density at radius 2 is 1.84 bits per heavy atom. The zero-order valence-electron chi connectivity index (χ0n) is 12.8. The molecule has 0 radical (unpaired) electrons. The van der Waals surface area contributed by atoms with Gasteiger partial charge in [-0.1, -0.05) is 32.9 Å². The van der Waals surface area contributed by atoms with Crippen LogP contribution in [0, 0.1) is 5.92 Å². The quantitative estimate of drug-likeness (QED) is 0.873. The Morgan fingerprint density at radius 3 is 2.47 bits per heavy atom. The minimum Gasteiger partial charge on any atom is -0.371 e. The van der Waals surface area contributed by atoms with Gasteiger partial charge in [0.2, 0.25) is 0 Å². The molecule has 0 amide bonds. The van der Waals surface area contributed by atoms with Gasteiger partial charge in [-0.25, -0.2) is 0 Å². The Balaban J connectivity index is 2.09. The first-order valence-corrected chi connectivity index (χ1v) is 7.64. The number of benzene rings is 1. The minimum atomic E-state index is 0.615. The van der Waals surface area contributed by atoms with Crippen LogP contribution in [0.1, 0.15) is 45.6 Å². The smallest absolute Gasteiger partial charge is 0.0366 e. The summed E-state index contributed by atoms with van der Waals surface area (Å²) in [6, 6.07) is 9.78. The van der Waals surface area contributed by atoms with E-state index >= 15 is 0 Å². The van der Waals surface area contributed by atoms with Gasteiger partial charge < -0.3 is 10.2 Å². The molecule has 106 valence electrons. The number of nitrogens with zero attached hydrogens (tertiary/aromatic N) is 1. The summed E-state index contributed by atoms with van der Waals surface area (Å²) in [7, 11) is 0. The molecule has 1 aliphatic heterocycles. The molecular formula is C17H28N2. The summed E-state index contributed by atoms with van der Waals surface area (Å²) in [6.07, 6.45) is 1.22. The standard InChI is InChI=1S/C17H28N2/c1-13(2)16-5-7-17(8-6-16)19-10-9-15(4)18-11-14(3)12-19/h5-8,13-15,18H,9-12H2,1-4H3. The van der Waals surface area contributed by atoms with E-state index < -0.39 is 0 Å². The highest BCUT2D eigenvalue weighted by atomic mass is 15.1. The normalized spacial score (nSPS) is 25.2. The molecule has 0 spiro atoms. The molecule has 1 fully saturated rings. The second-order valence-electron chi connectivity index (χ2n) is 6.40. The van der Waals surface area contributed by atoms with Crippen molar-refractivity contribution in [2.45, 2.75) is 46.1 Å². The van der Waals surface area contributed by atoms with Crippen molar-refractivity contribution < 1.29 is 0 Å². The Hall–Kier alpha value is -1.02. The summed E-state index contributed by atoms with van der Waals surface area (Å²) in [5, 5.41) is 3.60. The topological polar surface area (TPSA) is 15.3 Å². The van der Waals surface area contributed by atoms with Crippen molar-refractivity contribution in [3.63, 3.8) is 0 Å². The molecule has 0 saturated carbocycles. The molecule has 1 N–H and O–H groups in total. The SMILES string of the molecule is CC1CNC(C)CCN(c2ccc(C(C)C)cc2)C1. The molecule has 2 nitrogen and oxygen atoms in total. The van der Waals surface area contributed by atoms with E-state index in [-0.39, 0.29) is 0 Å². The van der Waals surface area contributed by atoms with Gasteiger partial charge in [0, 0.05) is 24.8 Å². The van der Waals surface area contributed by atoms with Gasteiger partial charge in [0.15, 0.2) is 0 Å². The fraction of sp³-hybridized carbons (Fsp3) is 0.647. The third-order valence-corrected chi connectivity index (χ3v) is 4.10. The van der Waals surface area contributed by atoms with Gasteiger partial charge in [-0.2, -0.15) is 0 Å².